The van der Waals surface area contributed by atoms with E-state index in [0.717, 1.165) is 6.61 Å². The van der Waals surface area contributed by atoms with Gasteiger partial charge >= 0.3 is 0 Å². The first kappa shape index (κ1) is 12.6. The quantitative estimate of drug-likeness (QED) is 0.859. The van der Waals surface area contributed by atoms with E-state index in [0.29, 0.717) is 12.0 Å². The average Bonchev–Trinajstić information content (AvgIpc) is 3.21. The van der Waals surface area contributed by atoms with Gasteiger partial charge in [-0.05, 0) is 45.4 Å². The fraction of sp³-hybridized carbons (Fsp3) is 0.786. The highest BCUT2D eigenvalue weighted by atomic mass is 32.1. The van der Waals surface area contributed by atoms with E-state index < -0.39 is 0 Å². The summed E-state index contributed by atoms with van der Waals surface area (Å²) in [7, 11) is 1.80. The second kappa shape index (κ2) is 4.58. The Labute approximate surface area is 113 Å². The van der Waals surface area contributed by atoms with Gasteiger partial charge in [-0.2, -0.15) is 0 Å². The number of thiazole rings is 1. The first-order valence-electron chi connectivity index (χ1n) is 6.87. The molecule has 18 heavy (non-hydrogen) atoms. The highest BCUT2D eigenvalue weighted by molar-refractivity contribution is 7.11. The van der Waals surface area contributed by atoms with Crippen molar-refractivity contribution in [3.63, 3.8) is 0 Å². The molecule has 3 rings (SSSR count). The highest BCUT2D eigenvalue weighted by Gasteiger charge is 2.50. The number of rotatable bonds is 6. The van der Waals surface area contributed by atoms with Crippen molar-refractivity contribution in [2.75, 3.05) is 13.7 Å². The largest absolute Gasteiger partial charge is 0.382 e. The lowest BCUT2D eigenvalue weighted by atomic mass is 9.94. The highest BCUT2D eigenvalue weighted by Crippen LogP contribution is 2.48. The van der Waals surface area contributed by atoms with Crippen LogP contribution in [0, 0.1) is 19.8 Å². The molecule has 1 atom stereocenters. The van der Waals surface area contributed by atoms with E-state index in [2.05, 4.69) is 19.2 Å². The summed E-state index contributed by atoms with van der Waals surface area (Å²) < 4.78 is 5.55. The van der Waals surface area contributed by atoms with Crippen molar-refractivity contribution in [3.05, 3.63) is 15.6 Å². The fourth-order valence-electron chi connectivity index (χ4n) is 2.63. The minimum absolute atomic E-state index is 0.0143. The van der Waals surface area contributed by atoms with Crippen molar-refractivity contribution >= 4 is 11.3 Å². The number of ether oxygens (including phenoxy) is 1. The second-order valence-corrected chi connectivity index (χ2v) is 6.96. The standard InChI is InChI=1S/C14H22N2OS/c1-9-10(2)18-13(15-9)14(8-17-3,11-4-5-11)16-12-6-7-12/h11-12,16H,4-8H2,1-3H3. The Morgan fingerprint density at radius 3 is 2.50 bits per heavy atom. The van der Waals surface area contributed by atoms with Crippen LogP contribution in [0.15, 0.2) is 0 Å². The summed E-state index contributed by atoms with van der Waals surface area (Å²) >= 11 is 1.85. The molecule has 1 unspecified atom stereocenters. The third-order valence-corrected chi connectivity index (χ3v) is 5.35. The molecule has 0 aromatic carbocycles. The molecule has 0 spiro atoms. The number of aromatic nitrogens is 1. The molecule has 100 valence electrons. The Morgan fingerprint density at radius 2 is 2.06 bits per heavy atom. The number of hydrogen-bond acceptors (Lipinski definition) is 4. The summed E-state index contributed by atoms with van der Waals surface area (Å²) in [6.07, 6.45) is 5.23. The van der Waals surface area contributed by atoms with Crippen LogP contribution >= 0.6 is 11.3 Å². The van der Waals surface area contributed by atoms with Crippen LogP contribution in [0.4, 0.5) is 0 Å². The summed E-state index contributed by atoms with van der Waals surface area (Å²) in [6.45, 7) is 5.02. The zero-order valence-electron chi connectivity index (χ0n) is 11.5. The molecule has 1 aromatic heterocycles. The van der Waals surface area contributed by atoms with Gasteiger partial charge in [-0.15, -0.1) is 11.3 Å². The zero-order chi connectivity index (χ0) is 12.8. The maximum atomic E-state index is 5.55. The lowest BCUT2D eigenvalue weighted by molar-refractivity contribution is 0.0908. The monoisotopic (exact) mass is 266 g/mol. The van der Waals surface area contributed by atoms with Gasteiger partial charge in [0.25, 0.3) is 0 Å². The van der Waals surface area contributed by atoms with Crippen molar-refractivity contribution in [3.8, 4) is 0 Å². The van der Waals surface area contributed by atoms with Crippen LogP contribution in [0.3, 0.4) is 0 Å². The normalized spacial score (nSPS) is 23.1. The van der Waals surface area contributed by atoms with Crippen molar-refractivity contribution in [2.24, 2.45) is 5.92 Å². The van der Waals surface area contributed by atoms with Crippen molar-refractivity contribution < 1.29 is 4.74 Å². The van der Waals surface area contributed by atoms with E-state index in [1.807, 2.05) is 11.3 Å². The fourth-order valence-corrected chi connectivity index (χ4v) is 3.77. The van der Waals surface area contributed by atoms with E-state index in [4.69, 9.17) is 9.72 Å². The molecule has 0 bridgehead atoms. The van der Waals surface area contributed by atoms with Crippen molar-refractivity contribution in [1.29, 1.82) is 0 Å². The molecule has 0 amide bonds. The molecule has 2 fully saturated rings. The van der Waals surface area contributed by atoms with E-state index in [1.54, 1.807) is 7.11 Å². The summed E-state index contributed by atoms with van der Waals surface area (Å²) in [5.74, 6) is 0.711. The molecular formula is C14H22N2OS. The van der Waals surface area contributed by atoms with E-state index in [1.165, 1.54) is 41.3 Å². The second-order valence-electron chi connectivity index (χ2n) is 5.76. The summed E-state index contributed by atoms with van der Waals surface area (Å²) in [5, 5.41) is 5.09. The number of hydrogen-bond donors (Lipinski definition) is 1. The average molecular weight is 266 g/mol. The van der Waals surface area contributed by atoms with Crippen LogP contribution in [0.25, 0.3) is 0 Å². The summed E-state index contributed by atoms with van der Waals surface area (Å²) in [5.41, 5.74) is 1.16. The minimum Gasteiger partial charge on any atom is -0.382 e. The summed E-state index contributed by atoms with van der Waals surface area (Å²) in [6, 6.07) is 0.685. The molecule has 1 N–H and O–H groups in total. The van der Waals surface area contributed by atoms with Crippen molar-refractivity contribution in [2.45, 2.75) is 51.1 Å². The minimum atomic E-state index is -0.0143. The number of aryl methyl sites for hydroxylation is 2. The van der Waals surface area contributed by atoms with Gasteiger partial charge in [0, 0.05) is 18.0 Å². The molecule has 4 heteroatoms. The Balaban J connectivity index is 1.95. The molecule has 2 aliphatic rings. The van der Waals surface area contributed by atoms with E-state index >= 15 is 0 Å². The van der Waals surface area contributed by atoms with Crippen LogP contribution in [-0.2, 0) is 10.3 Å². The van der Waals surface area contributed by atoms with Crippen LogP contribution < -0.4 is 5.32 Å². The predicted molar refractivity (Wildman–Crippen MR) is 74.0 cm³/mol. The Morgan fingerprint density at radius 1 is 1.33 bits per heavy atom. The Hall–Kier alpha value is -0.450. The summed E-state index contributed by atoms with van der Waals surface area (Å²) in [4.78, 5) is 6.16. The van der Waals surface area contributed by atoms with Gasteiger partial charge < -0.3 is 10.1 Å². The third kappa shape index (κ3) is 2.22. The Kier molecular flexibility index (Phi) is 3.20. The van der Waals surface area contributed by atoms with Gasteiger partial charge in [0.05, 0.1) is 17.8 Å². The van der Waals surface area contributed by atoms with Gasteiger partial charge in [0.1, 0.15) is 5.01 Å². The van der Waals surface area contributed by atoms with Gasteiger partial charge in [0.2, 0.25) is 0 Å². The SMILES string of the molecule is COCC(NC1CC1)(c1nc(C)c(C)s1)C1CC1. The third-order valence-electron chi connectivity index (χ3n) is 4.10. The number of nitrogens with zero attached hydrogens (tertiary/aromatic N) is 1. The van der Waals surface area contributed by atoms with Gasteiger partial charge in [0.15, 0.2) is 0 Å². The van der Waals surface area contributed by atoms with Crippen LogP contribution in [0.2, 0.25) is 0 Å². The van der Waals surface area contributed by atoms with Gasteiger partial charge in [-0.1, -0.05) is 0 Å². The van der Waals surface area contributed by atoms with Crippen molar-refractivity contribution in [1.82, 2.24) is 10.3 Å². The molecule has 2 aliphatic carbocycles. The smallest absolute Gasteiger partial charge is 0.116 e. The molecule has 2 saturated carbocycles. The topological polar surface area (TPSA) is 34.1 Å². The van der Waals surface area contributed by atoms with Gasteiger partial charge in [-0.25, -0.2) is 4.98 Å². The number of nitrogens with one attached hydrogen (secondary N) is 1. The molecule has 1 aromatic rings. The first-order valence-corrected chi connectivity index (χ1v) is 7.68. The Bertz CT molecular complexity index is 418. The molecule has 0 saturated heterocycles. The predicted octanol–water partition coefficient (Wildman–Crippen LogP) is 2.76. The zero-order valence-corrected chi connectivity index (χ0v) is 12.3. The van der Waals surface area contributed by atoms with Gasteiger partial charge in [-0.3, -0.25) is 0 Å². The molecule has 3 nitrogen and oxygen atoms in total. The number of methoxy groups -OCH3 is 1. The maximum absolute atomic E-state index is 5.55. The molecule has 0 radical (unpaired) electrons. The maximum Gasteiger partial charge on any atom is 0.116 e. The molecule has 0 aliphatic heterocycles. The molecule has 1 heterocycles. The first-order chi connectivity index (χ1) is 8.65. The lowest BCUT2D eigenvalue weighted by Gasteiger charge is -2.33. The lowest BCUT2D eigenvalue weighted by Crippen LogP contribution is -2.49. The van der Waals surface area contributed by atoms with Crippen LogP contribution in [0.5, 0.6) is 0 Å². The molecular weight excluding hydrogens is 244 g/mol. The van der Waals surface area contributed by atoms with E-state index in [9.17, 15) is 0 Å². The van der Waals surface area contributed by atoms with Crippen LogP contribution in [-0.4, -0.2) is 24.7 Å². The van der Waals surface area contributed by atoms with E-state index in [-0.39, 0.29) is 5.54 Å². The van der Waals surface area contributed by atoms with Crippen LogP contribution in [0.1, 0.15) is 41.3 Å².